The van der Waals surface area contributed by atoms with Crippen molar-refractivity contribution < 1.29 is 4.79 Å². The van der Waals surface area contributed by atoms with Crippen molar-refractivity contribution in [3.8, 4) is 5.69 Å². The van der Waals surface area contributed by atoms with Crippen LogP contribution in [0.1, 0.15) is 21.3 Å². The van der Waals surface area contributed by atoms with Crippen LogP contribution in [-0.4, -0.2) is 32.9 Å². The van der Waals surface area contributed by atoms with Crippen LogP contribution in [0.4, 0.5) is 0 Å². The quantitative estimate of drug-likeness (QED) is 0.686. The van der Waals surface area contributed by atoms with E-state index in [0.717, 1.165) is 23.5 Å². The maximum Gasteiger partial charge on any atom is 0.255 e. The first kappa shape index (κ1) is 16.2. The summed E-state index contributed by atoms with van der Waals surface area (Å²) in [5.74, 6) is 0.950. The van der Waals surface area contributed by atoms with Gasteiger partial charge in [0, 0.05) is 35.3 Å². The van der Waals surface area contributed by atoms with E-state index in [9.17, 15) is 4.79 Å². The molecule has 0 aliphatic carbocycles. The Morgan fingerprint density at radius 1 is 1.16 bits per heavy atom. The van der Waals surface area contributed by atoms with Crippen molar-refractivity contribution in [3.63, 3.8) is 0 Å². The minimum absolute atomic E-state index is 0.000408. The average molecular weight is 370 g/mol. The lowest BCUT2D eigenvalue weighted by molar-refractivity contribution is 0.0760. The second-order valence-corrected chi connectivity index (χ2v) is 7.40. The van der Waals surface area contributed by atoms with Crippen molar-refractivity contribution in [2.75, 3.05) is 12.3 Å². The fraction of sp³-hybridized carbons (Fsp3) is 0.158. The zero-order valence-corrected chi connectivity index (χ0v) is 15.0. The molecule has 126 valence electrons. The van der Waals surface area contributed by atoms with E-state index in [4.69, 9.17) is 11.6 Å². The highest BCUT2D eigenvalue weighted by molar-refractivity contribution is 7.99. The van der Waals surface area contributed by atoms with Gasteiger partial charge in [-0.2, -0.15) is 5.10 Å². The predicted octanol–water partition coefficient (Wildman–Crippen LogP) is 4.41. The monoisotopic (exact) mass is 369 g/mol. The van der Waals surface area contributed by atoms with E-state index < -0.39 is 0 Å². The maximum absolute atomic E-state index is 13.1. The number of thioether (sulfide) groups is 1. The Bertz CT molecular complexity index is 897. The van der Waals surface area contributed by atoms with Gasteiger partial charge in [0.15, 0.2) is 0 Å². The third-order valence-corrected chi connectivity index (χ3v) is 5.64. The molecule has 2 heterocycles. The lowest BCUT2D eigenvalue weighted by Gasteiger charge is -2.24. The third kappa shape index (κ3) is 3.30. The van der Waals surface area contributed by atoms with Gasteiger partial charge in [-0.3, -0.25) is 4.79 Å². The SMILES string of the molecule is O=C(c1cccc(-n2cccn2)c1)N1CCSC1c1cccc(Cl)c1. The van der Waals surface area contributed by atoms with Gasteiger partial charge in [0.05, 0.1) is 5.69 Å². The molecular weight excluding hydrogens is 354 g/mol. The summed E-state index contributed by atoms with van der Waals surface area (Å²) in [6.45, 7) is 0.729. The molecule has 1 aliphatic heterocycles. The van der Waals surface area contributed by atoms with Gasteiger partial charge < -0.3 is 4.90 Å². The molecule has 0 spiro atoms. The maximum atomic E-state index is 13.1. The predicted molar refractivity (Wildman–Crippen MR) is 101 cm³/mol. The Balaban J connectivity index is 1.63. The number of aromatic nitrogens is 2. The Kier molecular flexibility index (Phi) is 4.51. The summed E-state index contributed by atoms with van der Waals surface area (Å²) in [6, 6.07) is 17.2. The highest BCUT2D eigenvalue weighted by Crippen LogP contribution is 2.39. The van der Waals surface area contributed by atoms with Gasteiger partial charge in [0.2, 0.25) is 0 Å². The van der Waals surface area contributed by atoms with Gasteiger partial charge in [0.1, 0.15) is 5.37 Å². The van der Waals surface area contributed by atoms with Crippen molar-refractivity contribution >= 4 is 29.3 Å². The third-order valence-electron chi connectivity index (χ3n) is 4.15. The van der Waals surface area contributed by atoms with Crippen LogP contribution in [-0.2, 0) is 0 Å². The topological polar surface area (TPSA) is 38.1 Å². The number of amides is 1. The van der Waals surface area contributed by atoms with Crippen LogP contribution in [0.25, 0.3) is 5.69 Å². The number of hydrogen-bond donors (Lipinski definition) is 0. The number of carbonyl (C=O) groups excluding carboxylic acids is 1. The average Bonchev–Trinajstić information content (AvgIpc) is 3.33. The number of carbonyl (C=O) groups is 1. The fourth-order valence-corrected chi connectivity index (χ4v) is 4.43. The van der Waals surface area contributed by atoms with Gasteiger partial charge >= 0.3 is 0 Å². The highest BCUT2D eigenvalue weighted by atomic mass is 35.5. The Labute approximate surface area is 155 Å². The number of nitrogens with zero attached hydrogens (tertiary/aromatic N) is 3. The Hall–Kier alpha value is -2.24. The molecule has 6 heteroatoms. The van der Waals surface area contributed by atoms with Crippen molar-refractivity contribution in [1.82, 2.24) is 14.7 Å². The summed E-state index contributed by atoms with van der Waals surface area (Å²) in [7, 11) is 0. The molecule has 0 bridgehead atoms. The van der Waals surface area contributed by atoms with Crippen LogP contribution in [0.3, 0.4) is 0 Å². The molecule has 1 atom stereocenters. The Morgan fingerprint density at radius 3 is 2.84 bits per heavy atom. The van der Waals surface area contributed by atoms with Crippen LogP contribution in [0, 0.1) is 0 Å². The molecule has 0 radical (unpaired) electrons. The first-order valence-corrected chi connectivity index (χ1v) is 9.43. The highest BCUT2D eigenvalue weighted by Gasteiger charge is 2.31. The summed E-state index contributed by atoms with van der Waals surface area (Å²) in [5.41, 5.74) is 2.61. The molecule has 1 unspecified atom stereocenters. The van der Waals surface area contributed by atoms with Gasteiger partial charge in [-0.25, -0.2) is 4.68 Å². The smallest absolute Gasteiger partial charge is 0.255 e. The van der Waals surface area contributed by atoms with Gasteiger partial charge in [-0.15, -0.1) is 11.8 Å². The zero-order valence-electron chi connectivity index (χ0n) is 13.4. The molecule has 4 rings (SSSR count). The van der Waals surface area contributed by atoms with Gasteiger partial charge in [-0.05, 0) is 42.0 Å². The van der Waals surface area contributed by atoms with Crippen LogP contribution in [0.2, 0.25) is 5.02 Å². The van der Waals surface area contributed by atoms with E-state index in [1.165, 1.54) is 0 Å². The molecule has 1 fully saturated rings. The lowest BCUT2D eigenvalue weighted by Crippen LogP contribution is -2.30. The molecule has 4 nitrogen and oxygen atoms in total. The van der Waals surface area contributed by atoms with E-state index in [-0.39, 0.29) is 11.3 Å². The molecule has 25 heavy (non-hydrogen) atoms. The van der Waals surface area contributed by atoms with E-state index in [0.29, 0.717) is 10.6 Å². The molecule has 0 N–H and O–H groups in total. The van der Waals surface area contributed by atoms with Gasteiger partial charge in [0.25, 0.3) is 5.91 Å². The number of halogens is 1. The van der Waals surface area contributed by atoms with Crippen LogP contribution in [0.5, 0.6) is 0 Å². The number of rotatable bonds is 3. The second-order valence-electron chi connectivity index (χ2n) is 5.78. The van der Waals surface area contributed by atoms with Crippen molar-refractivity contribution in [1.29, 1.82) is 0 Å². The first-order valence-electron chi connectivity index (χ1n) is 8.00. The molecule has 3 aromatic rings. The Morgan fingerprint density at radius 2 is 2.04 bits per heavy atom. The molecule has 0 saturated carbocycles. The zero-order chi connectivity index (χ0) is 17.2. The van der Waals surface area contributed by atoms with Crippen LogP contribution in [0.15, 0.2) is 67.0 Å². The summed E-state index contributed by atoms with van der Waals surface area (Å²) in [5, 5.41) is 4.92. The number of benzene rings is 2. The van der Waals surface area contributed by atoms with Crippen LogP contribution >= 0.6 is 23.4 Å². The molecule has 1 saturated heterocycles. The molecule has 1 aliphatic rings. The largest absolute Gasteiger partial charge is 0.322 e. The molecule has 1 aromatic heterocycles. The normalized spacial score (nSPS) is 17.0. The van der Waals surface area contributed by atoms with Crippen molar-refractivity contribution in [2.24, 2.45) is 0 Å². The van der Waals surface area contributed by atoms with E-state index >= 15 is 0 Å². The minimum atomic E-state index is -0.000408. The second kappa shape index (κ2) is 6.94. The van der Waals surface area contributed by atoms with E-state index in [1.807, 2.05) is 65.7 Å². The standard InChI is InChI=1S/C19H16ClN3OS/c20-16-6-1-5-15(12-16)19-22(10-11-25-19)18(24)14-4-2-7-17(13-14)23-9-3-8-21-23/h1-9,12-13,19H,10-11H2. The summed E-state index contributed by atoms with van der Waals surface area (Å²) >= 11 is 7.89. The molecular formula is C19H16ClN3OS. The van der Waals surface area contributed by atoms with E-state index in [2.05, 4.69) is 5.10 Å². The van der Waals surface area contributed by atoms with Crippen LogP contribution < -0.4 is 0 Å². The number of hydrogen-bond acceptors (Lipinski definition) is 3. The van der Waals surface area contributed by atoms with Crippen molar-refractivity contribution in [2.45, 2.75) is 5.37 Å². The lowest BCUT2D eigenvalue weighted by atomic mass is 10.1. The molecule has 2 aromatic carbocycles. The van der Waals surface area contributed by atoms with Crippen molar-refractivity contribution in [3.05, 3.63) is 83.1 Å². The van der Waals surface area contributed by atoms with E-state index in [1.54, 1.807) is 22.6 Å². The fourth-order valence-electron chi connectivity index (χ4n) is 2.98. The molecule has 1 amide bonds. The summed E-state index contributed by atoms with van der Waals surface area (Å²) in [6.07, 6.45) is 3.59. The summed E-state index contributed by atoms with van der Waals surface area (Å²) < 4.78 is 1.75. The van der Waals surface area contributed by atoms with Gasteiger partial charge in [-0.1, -0.05) is 29.8 Å². The minimum Gasteiger partial charge on any atom is -0.322 e. The summed E-state index contributed by atoms with van der Waals surface area (Å²) in [4.78, 5) is 15.0. The first-order chi connectivity index (χ1) is 12.2.